The normalized spacial score (nSPS) is 16.4. The van der Waals surface area contributed by atoms with Gasteiger partial charge in [-0.15, -0.1) is 15.3 Å². The standard InChI is InChI=1S/C27H27ClF3N7O4/c1-4-42-23(39)11-10-22-32-35-36-37(22)14-15-12-18(17-6-5-7-21(40-2)24(17)41-3)19-13-16(28)8-9-20(19)38-25(15)33-34-26(38)27(29,30)31/h5-9,13,15,18H,4,10-12,14H2,1-3H3. The van der Waals surface area contributed by atoms with Crippen LogP contribution in [0.4, 0.5) is 13.2 Å². The van der Waals surface area contributed by atoms with Crippen LogP contribution in [0.5, 0.6) is 11.5 Å². The van der Waals surface area contributed by atoms with Gasteiger partial charge in [0.25, 0.3) is 0 Å². The molecule has 5 rings (SSSR count). The number of ether oxygens (including phenoxy) is 3. The highest BCUT2D eigenvalue weighted by molar-refractivity contribution is 6.30. The molecule has 0 spiro atoms. The second-order valence-electron chi connectivity index (χ2n) is 9.57. The minimum Gasteiger partial charge on any atom is -0.493 e. The van der Waals surface area contributed by atoms with Crippen molar-refractivity contribution in [2.45, 2.75) is 50.7 Å². The number of benzene rings is 2. The van der Waals surface area contributed by atoms with Gasteiger partial charge in [-0.3, -0.25) is 9.36 Å². The van der Waals surface area contributed by atoms with Gasteiger partial charge in [-0.2, -0.15) is 13.2 Å². The molecule has 0 saturated carbocycles. The smallest absolute Gasteiger partial charge is 0.452 e. The predicted octanol–water partition coefficient (Wildman–Crippen LogP) is 4.76. The number of rotatable bonds is 9. The summed E-state index contributed by atoms with van der Waals surface area (Å²) in [5, 5.41) is 19.8. The monoisotopic (exact) mass is 605 g/mol. The zero-order valence-corrected chi connectivity index (χ0v) is 23.7. The lowest BCUT2D eigenvalue weighted by molar-refractivity contribution is -0.146. The Morgan fingerprint density at radius 3 is 2.62 bits per heavy atom. The van der Waals surface area contributed by atoms with Gasteiger partial charge in [0.15, 0.2) is 17.3 Å². The Labute approximate surface area is 243 Å². The van der Waals surface area contributed by atoms with E-state index in [1.165, 1.54) is 31.0 Å². The van der Waals surface area contributed by atoms with Crippen molar-refractivity contribution >= 4 is 17.6 Å². The van der Waals surface area contributed by atoms with Gasteiger partial charge in [0.1, 0.15) is 5.82 Å². The van der Waals surface area contributed by atoms with Crippen LogP contribution < -0.4 is 9.47 Å². The Bertz CT molecular complexity index is 1590. The number of alkyl halides is 3. The van der Waals surface area contributed by atoms with Crippen LogP contribution in [0.3, 0.4) is 0 Å². The van der Waals surface area contributed by atoms with E-state index in [9.17, 15) is 18.0 Å². The first-order chi connectivity index (χ1) is 20.2. The van der Waals surface area contributed by atoms with Crippen molar-refractivity contribution in [2.24, 2.45) is 0 Å². The van der Waals surface area contributed by atoms with Gasteiger partial charge in [0, 0.05) is 28.8 Å². The summed E-state index contributed by atoms with van der Waals surface area (Å²) in [6.45, 7) is 2.01. The molecule has 4 aromatic rings. The summed E-state index contributed by atoms with van der Waals surface area (Å²) >= 11 is 6.41. The summed E-state index contributed by atoms with van der Waals surface area (Å²) in [5.41, 5.74) is 1.46. The van der Waals surface area contributed by atoms with Gasteiger partial charge in [-0.25, -0.2) is 4.68 Å². The van der Waals surface area contributed by atoms with E-state index in [1.807, 2.05) is 6.07 Å². The second-order valence-corrected chi connectivity index (χ2v) is 10.0. The van der Waals surface area contributed by atoms with Crippen molar-refractivity contribution in [1.82, 2.24) is 35.0 Å². The molecule has 15 heteroatoms. The van der Waals surface area contributed by atoms with Crippen molar-refractivity contribution < 1.29 is 32.2 Å². The van der Waals surface area contributed by atoms with Crippen LogP contribution in [0.2, 0.25) is 5.02 Å². The van der Waals surface area contributed by atoms with Crippen LogP contribution in [-0.4, -0.2) is 61.8 Å². The number of aromatic nitrogens is 7. The zero-order chi connectivity index (χ0) is 30.0. The van der Waals surface area contributed by atoms with Crippen LogP contribution in [0.1, 0.15) is 60.2 Å². The average molecular weight is 606 g/mol. The number of carbonyl (C=O) groups is 1. The fraction of sp³-hybridized carbons (Fsp3) is 0.407. The fourth-order valence-electron chi connectivity index (χ4n) is 5.34. The minimum absolute atomic E-state index is 0.0425. The SMILES string of the molecule is CCOC(=O)CCc1nnnn1CC1CC(c2cccc(OC)c2OC)c2cc(Cl)ccc2-n2c1nnc2C(F)(F)F. The van der Waals surface area contributed by atoms with Crippen LogP contribution >= 0.6 is 11.6 Å². The number of fused-ring (bicyclic) bond motifs is 3. The quantitative estimate of drug-likeness (QED) is 0.249. The molecule has 2 aromatic heterocycles. The lowest BCUT2D eigenvalue weighted by Crippen LogP contribution is -2.19. The molecule has 0 aliphatic carbocycles. The number of methoxy groups -OCH3 is 2. The Kier molecular flexibility index (Phi) is 8.34. The van der Waals surface area contributed by atoms with Crippen LogP contribution in [-0.2, 0) is 28.7 Å². The van der Waals surface area contributed by atoms with E-state index in [1.54, 1.807) is 25.1 Å². The third-order valence-corrected chi connectivity index (χ3v) is 7.33. The molecule has 222 valence electrons. The number of hydrogen-bond donors (Lipinski definition) is 0. The largest absolute Gasteiger partial charge is 0.493 e. The van der Waals surface area contributed by atoms with Gasteiger partial charge < -0.3 is 14.2 Å². The van der Waals surface area contributed by atoms with Crippen LogP contribution in [0.25, 0.3) is 5.69 Å². The molecule has 0 N–H and O–H groups in total. The minimum atomic E-state index is -4.79. The van der Waals surface area contributed by atoms with Crippen LogP contribution in [0.15, 0.2) is 36.4 Å². The maximum absolute atomic E-state index is 14.3. The van der Waals surface area contributed by atoms with Crippen molar-refractivity contribution in [1.29, 1.82) is 0 Å². The molecule has 0 fully saturated rings. The molecule has 2 unspecified atom stereocenters. The first-order valence-electron chi connectivity index (χ1n) is 13.1. The molecule has 1 aliphatic heterocycles. The third-order valence-electron chi connectivity index (χ3n) is 7.10. The van der Waals surface area contributed by atoms with Gasteiger partial charge >= 0.3 is 12.1 Å². The topological polar surface area (TPSA) is 119 Å². The van der Waals surface area contributed by atoms with Gasteiger partial charge in [-0.05, 0) is 53.6 Å². The zero-order valence-electron chi connectivity index (χ0n) is 22.9. The summed E-state index contributed by atoms with van der Waals surface area (Å²) in [6.07, 6.45) is -4.30. The first-order valence-corrected chi connectivity index (χ1v) is 13.5. The molecule has 42 heavy (non-hydrogen) atoms. The summed E-state index contributed by atoms with van der Waals surface area (Å²) in [5.74, 6) is -1.36. The second kappa shape index (κ2) is 12.0. The molecule has 0 saturated heterocycles. The Balaban J connectivity index is 1.66. The Morgan fingerprint density at radius 2 is 1.90 bits per heavy atom. The molecule has 2 aromatic carbocycles. The first kappa shape index (κ1) is 29.3. The predicted molar refractivity (Wildman–Crippen MR) is 143 cm³/mol. The summed E-state index contributed by atoms with van der Waals surface area (Å²) in [6, 6.07) is 10.1. The summed E-state index contributed by atoms with van der Waals surface area (Å²) in [7, 11) is 3.01. The molecule has 2 atom stereocenters. The van der Waals surface area contributed by atoms with E-state index in [-0.39, 0.29) is 43.9 Å². The number of esters is 1. The number of tetrazole rings is 1. The highest BCUT2D eigenvalue weighted by Crippen LogP contribution is 2.48. The molecular weight excluding hydrogens is 579 g/mol. The summed E-state index contributed by atoms with van der Waals surface area (Å²) in [4.78, 5) is 12.0. The highest BCUT2D eigenvalue weighted by atomic mass is 35.5. The Morgan fingerprint density at radius 1 is 1.10 bits per heavy atom. The molecule has 1 aliphatic rings. The number of halogens is 4. The molecule has 0 radical (unpaired) electrons. The van der Waals surface area contributed by atoms with E-state index in [4.69, 9.17) is 25.8 Å². The molecule has 3 heterocycles. The van der Waals surface area contributed by atoms with Gasteiger partial charge in [-0.1, -0.05) is 23.7 Å². The van der Waals surface area contributed by atoms with Crippen molar-refractivity contribution in [3.8, 4) is 17.2 Å². The van der Waals surface area contributed by atoms with Crippen LogP contribution in [0, 0.1) is 0 Å². The van der Waals surface area contributed by atoms with Gasteiger partial charge in [0.05, 0.1) is 39.5 Å². The lowest BCUT2D eigenvalue weighted by Gasteiger charge is -2.24. The van der Waals surface area contributed by atoms with E-state index < -0.39 is 29.8 Å². The van der Waals surface area contributed by atoms with E-state index in [0.717, 1.165) is 4.57 Å². The van der Waals surface area contributed by atoms with E-state index in [2.05, 4.69) is 25.7 Å². The van der Waals surface area contributed by atoms with E-state index >= 15 is 0 Å². The number of nitrogens with zero attached hydrogens (tertiary/aromatic N) is 7. The fourth-order valence-corrected chi connectivity index (χ4v) is 5.52. The average Bonchev–Trinajstić information content (AvgIpc) is 3.58. The summed E-state index contributed by atoms with van der Waals surface area (Å²) < 4.78 is 61.6. The number of para-hydroxylation sites is 1. The molecular formula is C27H27ClF3N7O4. The highest BCUT2D eigenvalue weighted by Gasteiger charge is 2.43. The number of aryl methyl sites for hydroxylation is 1. The third kappa shape index (κ3) is 5.62. The Hall–Kier alpha value is -4.20. The van der Waals surface area contributed by atoms with E-state index in [0.29, 0.717) is 33.5 Å². The van der Waals surface area contributed by atoms with Gasteiger partial charge in [0.2, 0.25) is 5.82 Å². The molecule has 11 nitrogen and oxygen atoms in total. The maximum Gasteiger partial charge on any atom is 0.452 e. The molecule has 0 bridgehead atoms. The maximum atomic E-state index is 14.3. The van der Waals surface area contributed by atoms with Crippen molar-refractivity contribution in [3.63, 3.8) is 0 Å². The lowest BCUT2D eigenvalue weighted by atomic mass is 9.83. The van der Waals surface area contributed by atoms with Crippen molar-refractivity contribution in [3.05, 3.63) is 70.0 Å². The number of carbonyl (C=O) groups excluding carboxylic acids is 1. The molecule has 0 amide bonds. The van der Waals surface area contributed by atoms with Crippen molar-refractivity contribution in [2.75, 3.05) is 20.8 Å². The number of hydrogen-bond acceptors (Lipinski definition) is 9.